The second kappa shape index (κ2) is 9.33. The molecule has 0 unspecified atom stereocenters. The van der Waals surface area contributed by atoms with Gasteiger partial charge in [-0.05, 0) is 32.0 Å². The van der Waals surface area contributed by atoms with Crippen LogP contribution in [0.25, 0.3) is 6.08 Å². The standard InChI is InChI=1S/C21H27N5O2S2/c1-5-6-7-26-20(28)17(30-21(26)29)12-15-14(2)16(13-22)19(27)24(4)18(15)25-10-8-23(3)9-11-25/h12H,5-11H2,1-4H3/b17-12-. The van der Waals surface area contributed by atoms with Crippen molar-refractivity contribution in [1.29, 1.82) is 5.26 Å². The van der Waals surface area contributed by atoms with Crippen molar-refractivity contribution in [2.45, 2.75) is 26.7 Å². The summed E-state index contributed by atoms with van der Waals surface area (Å²) in [5, 5.41) is 9.57. The molecule has 0 saturated carbocycles. The number of likely N-dealkylation sites (N-methyl/N-ethyl adjacent to an activating group) is 1. The van der Waals surface area contributed by atoms with Crippen LogP contribution >= 0.6 is 24.0 Å². The Hall–Kier alpha value is -2.15. The number of aromatic nitrogens is 1. The molecule has 0 N–H and O–H groups in total. The number of hydrogen-bond acceptors (Lipinski definition) is 7. The number of piperazine rings is 1. The number of nitriles is 1. The molecule has 1 aromatic heterocycles. The number of carbonyl (C=O) groups is 1. The Kier molecular flexibility index (Phi) is 7.01. The van der Waals surface area contributed by atoms with Gasteiger partial charge in [0.1, 0.15) is 21.8 Å². The Bertz CT molecular complexity index is 1000. The second-order valence-corrected chi connectivity index (χ2v) is 9.37. The van der Waals surface area contributed by atoms with Gasteiger partial charge in [-0.1, -0.05) is 37.3 Å². The minimum Gasteiger partial charge on any atom is -0.355 e. The third-order valence-corrected chi connectivity index (χ3v) is 7.03. The first kappa shape index (κ1) is 22.5. The number of amides is 1. The average Bonchev–Trinajstić information content (AvgIpc) is 2.99. The highest BCUT2D eigenvalue weighted by Gasteiger charge is 2.33. The summed E-state index contributed by atoms with van der Waals surface area (Å²) < 4.78 is 2.10. The molecule has 2 aliphatic heterocycles. The Morgan fingerprint density at radius 3 is 2.47 bits per heavy atom. The number of carbonyl (C=O) groups excluding carboxylic acids is 1. The van der Waals surface area contributed by atoms with Crippen LogP contribution in [0.1, 0.15) is 36.5 Å². The van der Waals surface area contributed by atoms with E-state index < -0.39 is 0 Å². The number of rotatable bonds is 5. The molecule has 2 saturated heterocycles. The summed E-state index contributed by atoms with van der Waals surface area (Å²) in [6.45, 7) is 7.77. The summed E-state index contributed by atoms with van der Waals surface area (Å²) in [7, 11) is 3.77. The number of unbranched alkanes of at least 4 members (excludes halogenated alkanes) is 1. The molecule has 1 aromatic rings. The van der Waals surface area contributed by atoms with Crippen LogP contribution in [0.2, 0.25) is 0 Å². The van der Waals surface area contributed by atoms with Crippen molar-refractivity contribution in [3.05, 3.63) is 31.9 Å². The van der Waals surface area contributed by atoms with Crippen LogP contribution in [0.15, 0.2) is 9.70 Å². The average molecular weight is 446 g/mol. The fraction of sp³-hybridized carbons (Fsp3) is 0.524. The van der Waals surface area contributed by atoms with E-state index in [-0.39, 0.29) is 17.0 Å². The third kappa shape index (κ3) is 4.17. The Morgan fingerprint density at radius 1 is 1.20 bits per heavy atom. The summed E-state index contributed by atoms with van der Waals surface area (Å²) in [5.41, 5.74) is 1.15. The van der Waals surface area contributed by atoms with Gasteiger partial charge >= 0.3 is 0 Å². The molecule has 3 rings (SSSR count). The highest BCUT2D eigenvalue weighted by Crippen LogP contribution is 2.35. The van der Waals surface area contributed by atoms with Gasteiger partial charge in [0, 0.05) is 45.3 Å². The molecular formula is C21H27N5O2S2. The number of pyridine rings is 1. The predicted octanol–water partition coefficient (Wildman–Crippen LogP) is 2.32. The maximum atomic E-state index is 13.0. The fourth-order valence-electron chi connectivity index (χ4n) is 3.75. The van der Waals surface area contributed by atoms with E-state index in [0.29, 0.717) is 21.3 Å². The molecule has 9 heteroatoms. The largest absolute Gasteiger partial charge is 0.355 e. The number of anilines is 1. The number of thiocarbonyl (C=S) groups is 1. The van der Waals surface area contributed by atoms with Gasteiger partial charge in [0.2, 0.25) is 0 Å². The molecule has 0 aromatic carbocycles. The van der Waals surface area contributed by atoms with Crippen molar-refractivity contribution < 1.29 is 4.79 Å². The zero-order valence-electron chi connectivity index (χ0n) is 17.9. The molecule has 30 heavy (non-hydrogen) atoms. The predicted molar refractivity (Wildman–Crippen MR) is 126 cm³/mol. The summed E-state index contributed by atoms with van der Waals surface area (Å²) in [5.74, 6) is 0.651. The van der Waals surface area contributed by atoms with Crippen LogP contribution in [0, 0.1) is 18.3 Å². The van der Waals surface area contributed by atoms with Gasteiger partial charge < -0.3 is 9.80 Å². The zero-order chi connectivity index (χ0) is 22.0. The summed E-state index contributed by atoms with van der Waals surface area (Å²) in [4.78, 5) is 32.4. The van der Waals surface area contributed by atoms with Gasteiger partial charge in [-0.15, -0.1) is 0 Å². The lowest BCUT2D eigenvalue weighted by Crippen LogP contribution is -2.46. The Labute approximate surface area is 186 Å². The molecule has 0 aliphatic carbocycles. The van der Waals surface area contributed by atoms with Crippen molar-refractivity contribution in [2.24, 2.45) is 7.05 Å². The first-order valence-electron chi connectivity index (χ1n) is 10.1. The quantitative estimate of drug-likeness (QED) is 0.509. The second-order valence-electron chi connectivity index (χ2n) is 7.69. The molecule has 0 atom stereocenters. The van der Waals surface area contributed by atoms with Gasteiger partial charge in [0.25, 0.3) is 11.5 Å². The van der Waals surface area contributed by atoms with E-state index in [4.69, 9.17) is 12.2 Å². The normalized spacial score (nSPS) is 19.1. The molecular weight excluding hydrogens is 418 g/mol. The summed E-state index contributed by atoms with van der Waals surface area (Å²) in [6.07, 6.45) is 3.69. The molecule has 160 valence electrons. The van der Waals surface area contributed by atoms with Crippen molar-refractivity contribution in [3.8, 4) is 6.07 Å². The van der Waals surface area contributed by atoms with E-state index in [1.54, 1.807) is 23.4 Å². The van der Waals surface area contributed by atoms with Gasteiger partial charge in [-0.25, -0.2) is 0 Å². The number of nitrogens with zero attached hydrogens (tertiary/aromatic N) is 5. The fourth-order valence-corrected chi connectivity index (χ4v) is 5.04. The summed E-state index contributed by atoms with van der Waals surface area (Å²) in [6, 6.07) is 2.05. The Balaban J connectivity index is 2.12. The van der Waals surface area contributed by atoms with E-state index in [1.807, 2.05) is 12.1 Å². The molecule has 0 spiro atoms. The van der Waals surface area contributed by atoms with E-state index in [9.17, 15) is 14.9 Å². The lowest BCUT2D eigenvalue weighted by atomic mass is 10.0. The van der Waals surface area contributed by atoms with Crippen LogP contribution in [0.3, 0.4) is 0 Å². The lowest BCUT2D eigenvalue weighted by Gasteiger charge is -2.36. The Morgan fingerprint density at radius 2 is 1.87 bits per heavy atom. The SMILES string of the molecule is CCCCN1C(=O)/C(=C/c2c(C)c(C#N)c(=O)n(C)c2N2CCN(C)CC2)SC1=S. The monoisotopic (exact) mass is 445 g/mol. The highest BCUT2D eigenvalue weighted by atomic mass is 32.2. The number of hydrogen-bond donors (Lipinski definition) is 0. The van der Waals surface area contributed by atoms with Gasteiger partial charge in [-0.3, -0.25) is 19.1 Å². The zero-order valence-corrected chi connectivity index (χ0v) is 19.5. The van der Waals surface area contributed by atoms with E-state index in [1.165, 1.54) is 11.8 Å². The molecule has 2 fully saturated rings. The van der Waals surface area contributed by atoms with Gasteiger partial charge in [0.15, 0.2) is 0 Å². The third-order valence-electron chi connectivity index (χ3n) is 5.66. The van der Waals surface area contributed by atoms with Crippen molar-refractivity contribution in [3.63, 3.8) is 0 Å². The lowest BCUT2D eigenvalue weighted by molar-refractivity contribution is -0.122. The van der Waals surface area contributed by atoms with Crippen LogP contribution in [0.5, 0.6) is 0 Å². The van der Waals surface area contributed by atoms with Crippen LogP contribution in [-0.2, 0) is 11.8 Å². The minimum atomic E-state index is -0.309. The van der Waals surface area contributed by atoms with Gasteiger partial charge in [0.05, 0.1) is 4.91 Å². The maximum Gasteiger partial charge on any atom is 0.270 e. The van der Waals surface area contributed by atoms with Crippen molar-refractivity contribution >= 4 is 46.1 Å². The topological polar surface area (TPSA) is 72.6 Å². The molecule has 0 bridgehead atoms. The minimum absolute atomic E-state index is 0.102. The van der Waals surface area contributed by atoms with E-state index in [2.05, 4.69) is 23.8 Å². The van der Waals surface area contributed by atoms with Gasteiger partial charge in [-0.2, -0.15) is 5.26 Å². The first-order valence-corrected chi connectivity index (χ1v) is 11.3. The van der Waals surface area contributed by atoms with Crippen LogP contribution in [0.4, 0.5) is 5.82 Å². The molecule has 2 aliphatic rings. The maximum absolute atomic E-state index is 13.0. The number of thioether (sulfide) groups is 1. The summed E-state index contributed by atoms with van der Waals surface area (Å²) >= 11 is 6.71. The van der Waals surface area contributed by atoms with Crippen molar-refractivity contribution in [1.82, 2.24) is 14.4 Å². The molecule has 1 amide bonds. The smallest absolute Gasteiger partial charge is 0.270 e. The van der Waals surface area contributed by atoms with E-state index >= 15 is 0 Å². The van der Waals surface area contributed by atoms with Crippen LogP contribution in [-0.4, -0.2) is 64.4 Å². The van der Waals surface area contributed by atoms with E-state index in [0.717, 1.165) is 50.4 Å². The highest BCUT2D eigenvalue weighted by molar-refractivity contribution is 8.26. The van der Waals surface area contributed by atoms with Crippen molar-refractivity contribution in [2.75, 3.05) is 44.7 Å². The van der Waals surface area contributed by atoms with Crippen LogP contribution < -0.4 is 10.5 Å². The molecule has 0 radical (unpaired) electrons. The molecule has 3 heterocycles. The first-order chi connectivity index (χ1) is 14.3. The molecule has 7 nitrogen and oxygen atoms in total.